The maximum Gasteiger partial charge on any atom is 0.0951 e. The minimum atomic E-state index is -0.0301. The zero-order valence-corrected chi connectivity index (χ0v) is 10.0. The summed E-state index contributed by atoms with van der Waals surface area (Å²) in [7, 11) is 1.92. The zero-order valence-electron chi connectivity index (χ0n) is 10.0. The first-order valence-electron chi connectivity index (χ1n) is 5.94. The second kappa shape index (κ2) is 3.70. The van der Waals surface area contributed by atoms with Crippen molar-refractivity contribution in [2.45, 2.75) is 31.3 Å². The van der Waals surface area contributed by atoms with Crippen molar-refractivity contribution in [1.82, 2.24) is 19.3 Å². The highest BCUT2D eigenvalue weighted by atomic mass is 15.2. The molecule has 2 aromatic heterocycles. The lowest BCUT2D eigenvalue weighted by atomic mass is 9.77. The molecule has 1 aliphatic carbocycles. The molecule has 1 fully saturated rings. The van der Waals surface area contributed by atoms with Crippen molar-refractivity contribution in [3.63, 3.8) is 0 Å². The van der Waals surface area contributed by atoms with E-state index in [9.17, 15) is 0 Å². The fourth-order valence-electron chi connectivity index (χ4n) is 2.37. The summed E-state index contributed by atoms with van der Waals surface area (Å²) in [6.07, 6.45) is 11.0. The number of hydrogen-bond donors (Lipinski definition) is 1. The minimum Gasteiger partial charge on any atom is -0.329 e. The minimum absolute atomic E-state index is 0.0301. The van der Waals surface area contributed by atoms with E-state index in [2.05, 4.69) is 14.6 Å². The molecule has 5 nitrogen and oxygen atoms in total. The first-order valence-corrected chi connectivity index (χ1v) is 5.94. The molecule has 3 rings (SSSR count). The molecule has 0 saturated heterocycles. The van der Waals surface area contributed by atoms with Crippen molar-refractivity contribution in [1.29, 1.82) is 0 Å². The zero-order chi connectivity index (χ0) is 11.9. The van der Waals surface area contributed by atoms with Crippen LogP contribution in [0.4, 0.5) is 0 Å². The van der Waals surface area contributed by atoms with Crippen LogP contribution in [0.5, 0.6) is 0 Å². The highest BCUT2D eigenvalue weighted by Gasteiger charge is 2.33. The van der Waals surface area contributed by atoms with Crippen LogP contribution in [-0.2, 0) is 13.6 Å². The maximum absolute atomic E-state index is 6.28. The van der Waals surface area contributed by atoms with E-state index in [1.807, 2.05) is 32.0 Å². The lowest BCUT2D eigenvalue weighted by molar-refractivity contribution is 0.216. The van der Waals surface area contributed by atoms with Gasteiger partial charge in [-0.3, -0.25) is 4.68 Å². The highest BCUT2D eigenvalue weighted by Crippen LogP contribution is 2.32. The van der Waals surface area contributed by atoms with Gasteiger partial charge in [0.05, 0.1) is 24.4 Å². The van der Waals surface area contributed by atoms with Gasteiger partial charge in [0.1, 0.15) is 0 Å². The summed E-state index contributed by atoms with van der Waals surface area (Å²) in [6.45, 7) is 0.844. The van der Waals surface area contributed by atoms with Crippen LogP contribution in [0, 0.1) is 0 Å². The van der Waals surface area contributed by atoms with E-state index in [0.717, 1.165) is 30.6 Å². The molecule has 0 atom stereocenters. The van der Waals surface area contributed by atoms with Crippen molar-refractivity contribution < 1.29 is 0 Å². The molecule has 0 bridgehead atoms. The van der Waals surface area contributed by atoms with Crippen LogP contribution in [0.25, 0.3) is 11.3 Å². The molecule has 90 valence electrons. The SMILES string of the molecule is Cn1cc(-c2cncn2CC2(N)CCC2)cn1. The molecule has 0 aliphatic heterocycles. The van der Waals surface area contributed by atoms with E-state index >= 15 is 0 Å². The normalized spacial score (nSPS) is 18.0. The average molecular weight is 231 g/mol. The molecule has 0 amide bonds. The first kappa shape index (κ1) is 10.5. The summed E-state index contributed by atoms with van der Waals surface area (Å²) in [5, 5.41) is 4.19. The summed E-state index contributed by atoms with van der Waals surface area (Å²) < 4.78 is 3.93. The Morgan fingerprint density at radius 3 is 2.82 bits per heavy atom. The third kappa shape index (κ3) is 1.86. The van der Waals surface area contributed by atoms with Gasteiger partial charge in [-0.15, -0.1) is 0 Å². The highest BCUT2D eigenvalue weighted by molar-refractivity contribution is 5.56. The molecule has 0 aromatic carbocycles. The Labute approximate surface area is 100 Å². The van der Waals surface area contributed by atoms with Crippen LogP contribution in [-0.4, -0.2) is 24.9 Å². The smallest absolute Gasteiger partial charge is 0.0951 e. The number of nitrogens with two attached hydrogens (primary N) is 1. The van der Waals surface area contributed by atoms with Crippen LogP contribution in [0.1, 0.15) is 19.3 Å². The molecule has 0 radical (unpaired) electrons. The molecule has 2 aromatic rings. The summed E-state index contributed by atoms with van der Waals surface area (Å²) in [5.74, 6) is 0. The summed E-state index contributed by atoms with van der Waals surface area (Å²) in [6, 6.07) is 0. The number of rotatable bonds is 3. The molecule has 17 heavy (non-hydrogen) atoms. The monoisotopic (exact) mass is 231 g/mol. The van der Waals surface area contributed by atoms with Gasteiger partial charge < -0.3 is 10.3 Å². The molecule has 1 saturated carbocycles. The van der Waals surface area contributed by atoms with Gasteiger partial charge in [0, 0.05) is 30.9 Å². The second-order valence-electron chi connectivity index (χ2n) is 5.03. The van der Waals surface area contributed by atoms with E-state index in [4.69, 9.17) is 5.73 Å². The van der Waals surface area contributed by atoms with Crippen molar-refractivity contribution in [2.75, 3.05) is 0 Å². The summed E-state index contributed by atoms with van der Waals surface area (Å²) in [4.78, 5) is 4.22. The predicted octanol–water partition coefficient (Wildman–Crippen LogP) is 1.16. The first-order chi connectivity index (χ1) is 8.16. The molecule has 2 heterocycles. The lowest BCUT2D eigenvalue weighted by Gasteiger charge is -2.38. The van der Waals surface area contributed by atoms with Gasteiger partial charge in [0.2, 0.25) is 0 Å². The average Bonchev–Trinajstić information content (AvgIpc) is 2.84. The van der Waals surface area contributed by atoms with Crippen molar-refractivity contribution in [3.8, 4) is 11.3 Å². The number of imidazole rings is 1. The van der Waals surface area contributed by atoms with Crippen molar-refractivity contribution in [3.05, 3.63) is 24.9 Å². The van der Waals surface area contributed by atoms with Gasteiger partial charge in [-0.2, -0.15) is 5.10 Å². The molecular formula is C12H17N5. The third-order valence-electron chi connectivity index (χ3n) is 3.55. The van der Waals surface area contributed by atoms with Crippen LogP contribution in [0.2, 0.25) is 0 Å². The van der Waals surface area contributed by atoms with Crippen LogP contribution >= 0.6 is 0 Å². The predicted molar refractivity (Wildman–Crippen MR) is 65.2 cm³/mol. The lowest BCUT2D eigenvalue weighted by Crippen LogP contribution is -2.49. The van der Waals surface area contributed by atoms with Crippen LogP contribution in [0.3, 0.4) is 0 Å². The van der Waals surface area contributed by atoms with Gasteiger partial charge >= 0.3 is 0 Å². The van der Waals surface area contributed by atoms with E-state index in [0.29, 0.717) is 0 Å². The standard InChI is InChI=1S/C12H17N5/c1-16-7-10(5-15-16)11-6-14-9-17(11)8-12(13)3-2-4-12/h5-7,9H,2-4,8,13H2,1H3. The Bertz CT molecular complexity index is 520. The van der Waals surface area contributed by atoms with Gasteiger partial charge in [0.25, 0.3) is 0 Å². The Balaban J connectivity index is 1.89. The van der Waals surface area contributed by atoms with E-state index in [-0.39, 0.29) is 5.54 Å². The molecule has 0 spiro atoms. The quantitative estimate of drug-likeness (QED) is 0.862. The number of aryl methyl sites for hydroxylation is 1. The molecule has 2 N–H and O–H groups in total. The fraction of sp³-hybridized carbons (Fsp3) is 0.500. The Morgan fingerprint density at radius 1 is 1.41 bits per heavy atom. The number of nitrogens with zero attached hydrogens (tertiary/aromatic N) is 4. The van der Waals surface area contributed by atoms with Gasteiger partial charge in [-0.25, -0.2) is 4.98 Å². The Hall–Kier alpha value is -1.62. The Morgan fingerprint density at radius 2 is 2.24 bits per heavy atom. The number of aromatic nitrogens is 4. The molecule has 5 heteroatoms. The van der Waals surface area contributed by atoms with Crippen molar-refractivity contribution >= 4 is 0 Å². The van der Waals surface area contributed by atoms with Crippen LogP contribution < -0.4 is 5.73 Å². The van der Waals surface area contributed by atoms with Gasteiger partial charge in [0.15, 0.2) is 0 Å². The Kier molecular flexibility index (Phi) is 2.29. The fourth-order valence-corrected chi connectivity index (χ4v) is 2.37. The van der Waals surface area contributed by atoms with Gasteiger partial charge in [-0.1, -0.05) is 0 Å². The van der Waals surface area contributed by atoms with Gasteiger partial charge in [-0.05, 0) is 19.3 Å². The van der Waals surface area contributed by atoms with E-state index in [1.54, 1.807) is 4.68 Å². The molecule has 0 unspecified atom stereocenters. The summed E-state index contributed by atoms with van der Waals surface area (Å²) in [5.41, 5.74) is 8.43. The van der Waals surface area contributed by atoms with Crippen LogP contribution in [0.15, 0.2) is 24.9 Å². The molecule has 1 aliphatic rings. The molecular weight excluding hydrogens is 214 g/mol. The topological polar surface area (TPSA) is 61.7 Å². The largest absolute Gasteiger partial charge is 0.329 e. The van der Waals surface area contributed by atoms with Crippen molar-refractivity contribution in [2.24, 2.45) is 12.8 Å². The second-order valence-corrected chi connectivity index (χ2v) is 5.03. The maximum atomic E-state index is 6.28. The van der Waals surface area contributed by atoms with E-state index < -0.39 is 0 Å². The number of hydrogen-bond acceptors (Lipinski definition) is 3. The summed E-state index contributed by atoms with van der Waals surface area (Å²) >= 11 is 0. The van der Waals surface area contributed by atoms with E-state index in [1.165, 1.54) is 6.42 Å². The third-order valence-corrected chi connectivity index (χ3v) is 3.55.